The summed E-state index contributed by atoms with van der Waals surface area (Å²) in [6, 6.07) is 2.40. The molecule has 0 saturated heterocycles. The molecule has 0 saturated carbocycles. The molecule has 5 nitrogen and oxygen atoms in total. The molecule has 22 heavy (non-hydrogen) atoms. The van der Waals surface area contributed by atoms with Crippen molar-refractivity contribution in [3.05, 3.63) is 41.3 Å². The van der Waals surface area contributed by atoms with Gasteiger partial charge in [0.2, 0.25) is 5.88 Å². The second-order valence-corrected chi connectivity index (χ2v) is 5.95. The van der Waals surface area contributed by atoms with E-state index < -0.39 is 0 Å². The predicted molar refractivity (Wildman–Crippen MR) is 86.6 cm³/mol. The van der Waals surface area contributed by atoms with Crippen LogP contribution in [0.4, 0.5) is 0 Å². The summed E-state index contributed by atoms with van der Waals surface area (Å²) in [5.74, 6) is 0.667. The van der Waals surface area contributed by atoms with E-state index in [1.165, 1.54) is 0 Å². The van der Waals surface area contributed by atoms with Crippen LogP contribution in [0.3, 0.4) is 0 Å². The van der Waals surface area contributed by atoms with Gasteiger partial charge in [0, 0.05) is 24.0 Å². The SMILES string of the molecule is CCC(C)n1cc(C2=NCc3ccnc(OC(C)C)c32)cn1. The van der Waals surface area contributed by atoms with E-state index in [-0.39, 0.29) is 6.10 Å². The fourth-order valence-electron chi connectivity index (χ4n) is 2.55. The minimum atomic E-state index is 0.0867. The van der Waals surface area contributed by atoms with Gasteiger partial charge in [-0.05, 0) is 38.8 Å². The molecule has 116 valence electrons. The summed E-state index contributed by atoms with van der Waals surface area (Å²) < 4.78 is 7.86. The molecule has 0 aromatic carbocycles. The second-order valence-electron chi connectivity index (χ2n) is 5.95. The molecule has 5 heteroatoms. The van der Waals surface area contributed by atoms with E-state index in [4.69, 9.17) is 4.74 Å². The molecule has 2 aromatic rings. The molecule has 1 atom stereocenters. The third kappa shape index (κ3) is 2.63. The molecule has 1 aliphatic heterocycles. The summed E-state index contributed by atoms with van der Waals surface area (Å²) in [6.07, 6.45) is 6.87. The first-order valence-corrected chi connectivity index (χ1v) is 7.84. The Bertz CT molecular complexity index is 702. The van der Waals surface area contributed by atoms with Gasteiger partial charge >= 0.3 is 0 Å². The highest BCUT2D eigenvalue weighted by Gasteiger charge is 2.24. The number of hydrogen-bond donors (Lipinski definition) is 0. The zero-order chi connectivity index (χ0) is 15.7. The van der Waals surface area contributed by atoms with E-state index in [2.05, 4.69) is 35.1 Å². The van der Waals surface area contributed by atoms with Gasteiger partial charge in [0.25, 0.3) is 0 Å². The van der Waals surface area contributed by atoms with Crippen molar-refractivity contribution < 1.29 is 4.74 Å². The molecule has 3 heterocycles. The van der Waals surface area contributed by atoms with Gasteiger partial charge in [0.15, 0.2) is 0 Å². The van der Waals surface area contributed by atoms with Crippen molar-refractivity contribution in [2.45, 2.75) is 52.8 Å². The summed E-state index contributed by atoms with van der Waals surface area (Å²) in [4.78, 5) is 9.08. The molecule has 0 N–H and O–H groups in total. The quantitative estimate of drug-likeness (QED) is 0.850. The maximum absolute atomic E-state index is 5.87. The van der Waals surface area contributed by atoms with E-state index in [9.17, 15) is 0 Å². The van der Waals surface area contributed by atoms with Crippen LogP contribution in [0, 0.1) is 0 Å². The van der Waals surface area contributed by atoms with E-state index in [1.54, 1.807) is 6.20 Å². The minimum absolute atomic E-state index is 0.0867. The Labute approximate surface area is 131 Å². The Morgan fingerprint density at radius 2 is 2.14 bits per heavy atom. The molecule has 0 aliphatic carbocycles. The van der Waals surface area contributed by atoms with E-state index in [0.717, 1.165) is 28.8 Å². The Morgan fingerprint density at radius 3 is 2.86 bits per heavy atom. The number of hydrogen-bond acceptors (Lipinski definition) is 4. The highest BCUT2D eigenvalue weighted by molar-refractivity contribution is 6.16. The zero-order valence-corrected chi connectivity index (χ0v) is 13.6. The molecule has 2 aromatic heterocycles. The third-order valence-corrected chi connectivity index (χ3v) is 3.91. The van der Waals surface area contributed by atoms with Crippen LogP contribution >= 0.6 is 0 Å². The van der Waals surface area contributed by atoms with Crippen molar-refractivity contribution in [3.63, 3.8) is 0 Å². The molecule has 1 unspecified atom stereocenters. The lowest BCUT2D eigenvalue weighted by molar-refractivity contribution is 0.232. The number of aliphatic imine (C=N–C) groups is 1. The van der Waals surface area contributed by atoms with Crippen molar-refractivity contribution in [3.8, 4) is 5.88 Å². The first-order valence-electron chi connectivity index (χ1n) is 7.84. The zero-order valence-electron chi connectivity index (χ0n) is 13.6. The van der Waals surface area contributed by atoms with Crippen LogP contribution < -0.4 is 4.74 Å². The van der Waals surface area contributed by atoms with Crippen molar-refractivity contribution in [2.24, 2.45) is 4.99 Å². The fraction of sp³-hybridized carbons (Fsp3) is 0.471. The lowest BCUT2D eigenvalue weighted by Gasteiger charge is -2.13. The average Bonchev–Trinajstić information content (AvgIpc) is 3.12. The van der Waals surface area contributed by atoms with Crippen LogP contribution in [0.25, 0.3) is 0 Å². The number of fused-ring (bicyclic) bond motifs is 1. The minimum Gasteiger partial charge on any atom is -0.474 e. The second kappa shape index (κ2) is 5.91. The van der Waals surface area contributed by atoms with Crippen LogP contribution in [-0.2, 0) is 6.54 Å². The van der Waals surface area contributed by atoms with Gasteiger partial charge in [-0.15, -0.1) is 0 Å². The summed E-state index contributed by atoms with van der Waals surface area (Å²) in [5, 5.41) is 4.47. The van der Waals surface area contributed by atoms with Crippen LogP contribution in [0.1, 0.15) is 56.8 Å². The van der Waals surface area contributed by atoms with Crippen molar-refractivity contribution in [2.75, 3.05) is 0 Å². The first kappa shape index (κ1) is 14.8. The average molecular weight is 298 g/mol. The largest absolute Gasteiger partial charge is 0.474 e. The molecule has 0 amide bonds. The van der Waals surface area contributed by atoms with E-state index in [1.807, 2.05) is 30.8 Å². The third-order valence-electron chi connectivity index (χ3n) is 3.91. The molecule has 1 aliphatic rings. The number of rotatable bonds is 5. The van der Waals surface area contributed by atoms with Gasteiger partial charge in [0.1, 0.15) is 0 Å². The monoisotopic (exact) mass is 298 g/mol. The van der Waals surface area contributed by atoms with Crippen LogP contribution in [0.15, 0.2) is 29.6 Å². The summed E-state index contributed by atoms with van der Waals surface area (Å²) in [7, 11) is 0. The number of ether oxygens (including phenoxy) is 1. The summed E-state index contributed by atoms with van der Waals surface area (Å²) in [5.41, 5.74) is 4.14. The molecular formula is C17H22N4O. The molecular weight excluding hydrogens is 276 g/mol. The maximum Gasteiger partial charge on any atom is 0.223 e. The van der Waals surface area contributed by atoms with Gasteiger partial charge in [-0.25, -0.2) is 4.98 Å². The van der Waals surface area contributed by atoms with Crippen LogP contribution in [-0.4, -0.2) is 26.6 Å². The topological polar surface area (TPSA) is 52.3 Å². The van der Waals surface area contributed by atoms with Gasteiger partial charge in [-0.2, -0.15) is 5.10 Å². The van der Waals surface area contributed by atoms with Gasteiger partial charge in [-0.1, -0.05) is 6.92 Å². The summed E-state index contributed by atoms with van der Waals surface area (Å²) >= 11 is 0. The fourth-order valence-corrected chi connectivity index (χ4v) is 2.55. The van der Waals surface area contributed by atoms with E-state index >= 15 is 0 Å². The van der Waals surface area contributed by atoms with Crippen molar-refractivity contribution in [1.29, 1.82) is 0 Å². The smallest absolute Gasteiger partial charge is 0.223 e. The Kier molecular flexibility index (Phi) is 3.96. The highest BCUT2D eigenvalue weighted by Crippen LogP contribution is 2.30. The maximum atomic E-state index is 5.87. The molecule has 3 rings (SSSR count). The van der Waals surface area contributed by atoms with Crippen LogP contribution in [0.5, 0.6) is 5.88 Å². The normalized spacial score (nSPS) is 14.9. The molecule has 0 fully saturated rings. The number of nitrogens with zero attached hydrogens (tertiary/aromatic N) is 4. The van der Waals surface area contributed by atoms with Crippen molar-refractivity contribution in [1.82, 2.24) is 14.8 Å². The Balaban J connectivity index is 1.98. The van der Waals surface area contributed by atoms with Gasteiger partial charge in [-0.3, -0.25) is 9.67 Å². The van der Waals surface area contributed by atoms with E-state index in [0.29, 0.717) is 18.5 Å². The first-order chi connectivity index (χ1) is 10.6. The number of aromatic nitrogens is 3. The standard InChI is InChI=1S/C17H22N4O/c1-5-12(4)21-10-14(9-20-21)16-15-13(8-19-16)6-7-18-17(15)22-11(2)3/h6-7,9-12H,5,8H2,1-4H3. The van der Waals surface area contributed by atoms with Gasteiger partial charge < -0.3 is 4.74 Å². The molecule has 0 spiro atoms. The molecule has 0 radical (unpaired) electrons. The highest BCUT2D eigenvalue weighted by atomic mass is 16.5. The summed E-state index contributed by atoms with van der Waals surface area (Å²) in [6.45, 7) is 9.01. The Morgan fingerprint density at radius 1 is 1.32 bits per heavy atom. The Hall–Kier alpha value is -2.17. The van der Waals surface area contributed by atoms with Crippen molar-refractivity contribution >= 4 is 5.71 Å². The van der Waals surface area contributed by atoms with Gasteiger partial charge in [0.05, 0.1) is 30.1 Å². The van der Waals surface area contributed by atoms with Crippen LogP contribution in [0.2, 0.25) is 0 Å². The molecule has 0 bridgehead atoms. The lowest BCUT2D eigenvalue weighted by atomic mass is 10.0. The number of pyridine rings is 1. The predicted octanol–water partition coefficient (Wildman–Crippen LogP) is 3.39. The lowest BCUT2D eigenvalue weighted by Crippen LogP contribution is -2.12.